The van der Waals surface area contributed by atoms with Crippen LogP contribution in [0.4, 0.5) is 0 Å². The van der Waals surface area contributed by atoms with E-state index in [0.29, 0.717) is 18.0 Å². The number of nitrogens with zero attached hydrogens (tertiary/aromatic N) is 2. The van der Waals surface area contributed by atoms with Crippen molar-refractivity contribution >= 4 is 10.0 Å². The lowest BCUT2D eigenvalue weighted by Gasteiger charge is -2.26. The predicted molar refractivity (Wildman–Crippen MR) is 83.6 cm³/mol. The Morgan fingerprint density at radius 1 is 0.810 bits per heavy atom. The molecule has 0 unspecified atom stereocenters. The van der Waals surface area contributed by atoms with Crippen LogP contribution in [0.1, 0.15) is 37.7 Å². The lowest BCUT2D eigenvalue weighted by molar-refractivity contribution is 0.331. The van der Waals surface area contributed by atoms with Gasteiger partial charge >= 0.3 is 0 Å². The van der Waals surface area contributed by atoms with Gasteiger partial charge in [-0.25, -0.2) is 8.42 Å². The molecule has 0 atom stereocenters. The Morgan fingerprint density at radius 2 is 1.38 bits per heavy atom. The standard InChI is InChI=1S/C16H24N2O2S/c19-21(20,18-12-2-1-3-13-18)16-8-6-15(7-9-16)14-17-10-4-5-11-17/h6-9H,1-5,10-14H2. The van der Waals surface area contributed by atoms with Crippen molar-refractivity contribution in [1.82, 2.24) is 9.21 Å². The third-order valence-corrected chi connectivity index (χ3v) is 6.39. The Morgan fingerprint density at radius 3 is 2.00 bits per heavy atom. The highest BCUT2D eigenvalue weighted by Crippen LogP contribution is 2.21. The molecule has 21 heavy (non-hydrogen) atoms. The predicted octanol–water partition coefficient (Wildman–Crippen LogP) is 2.46. The van der Waals surface area contributed by atoms with E-state index < -0.39 is 10.0 Å². The molecule has 1 aromatic rings. The lowest BCUT2D eigenvalue weighted by Crippen LogP contribution is -2.35. The highest BCUT2D eigenvalue weighted by molar-refractivity contribution is 7.89. The van der Waals surface area contributed by atoms with Crippen molar-refractivity contribution in [2.24, 2.45) is 0 Å². The SMILES string of the molecule is O=S(=O)(c1ccc(CN2CCCC2)cc1)N1CCCCC1. The monoisotopic (exact) mass is 308 g/mol. The zero-order valence-corrected chi connectivity index (χ0v) is 13.3. The first-order chi connectivity index (χ1) is 10.2. The molecule has 0 radical (unpaired) electrons. The van der Waals surface area contributed by atoms with Gasteiger partial charge in [0.2, 0.25) is 10.0 Å². The average Bonchev–Trinajstić information content (AvgIpc) is 3.02. The van der Waals surface area contributed by atoms with Crippen molar-refractivity contribution in [2.75, 3.05) is 26.2 Å². The van der Waals surface area contributed by atoms with Crippen LogP contribution in [-0.4, -0.2) is 43.8 Å². The fraction of sp³-hybridized carbons (Fsp3) is 0.625. The van der Waals surface area contributed by atoms with Crippen LogP contribution in [0.2, 0.25) is 0 Å². The minimum atomic E-state index is -3.29. The smallest absolute Gasteiger partial charge is 0.243 e. The molecule has 2 saturated heterocycles. The first kappa shape index (κ1) is 15.0. The van der Waals surface area contributed by atoms with Crippen LogP contribution in [0.5, 0.6) is 0 Å². The van der Waals surface area contributed by atoms with Gasteiger partial charge in [-0.3, -0.25) is 4.90 Å². The van der Waals surface area contributed by atoms with Crippen molar-refractivity contribution in [2.45, 2.75) is 43.5 Å². The van der Waals surface area contributed by atoms with E-state index in [9.17, 15) is 8.42 Å². The van der Waals surface area contributed by atoms with Gasteiger partial charge in [0.05, 0.1) is 4.90 Å². The summed E-state index contributed by atoms with van der Waals surface area (Å²) < 4.78 is 26.7. The Hall–Kier alpha value is -0.910. The summed E-state index contributed by atoms with van der Waals surface area (Å²) in [6.45, 7) is 4.58. The molecular weight excluding hydrogens is 284 g/mol. The maximum absolute atomic E-state index is 12.6. The van der Waals surface area contributed by atoms with E-state index in [4.69, 9.17) is 0 Å². The zero-order valence-electron chi connectivity index (χ0n) is 12.5. The van der Waals surface area contributed by atoms with Gasteiger partial charge in [0, 0.05) is 19.6 Å². The molecule has 2 fully saturated rings. The molecule has 3 rings (SSSR count). The summed E-state index contributed by atoms with van der Waals surface area (Å²) in [7, 11) is -3.29. The Labute approximate surface area is 127 Å². The Bertz CT molecular complexity index is 556. The molecule has 0 bridgehead atoms. The van der Waals surface area contributed by atoms with Crippen LogP contribution < -0.4 is 0 Å². The van der Waals surface area contributed by atoms with Crippen molar-refractivity contribution in [3.63, 3.8) is 0 Å². The van der Waals surface area contributed by atoms with Gasteiger partial charge in [-0.1, -0.05) is 18.6 Å². The highest BCUT2D eigenvalue weighted by atomic mass is 32.2. The van der Waals surface area contributed by atoms with E-state index in [1.165, 1.54) is 18.4 Å². The van der Waals surface area contributed by atoms with Crippen LogP contribution in [-0.2, 0) is 16.6 Å². The van der Waals surface area contributed by atoms with Crippen molar-refractivity contribution in [3.8, 4) is 0 Å². The summed E-state index contributed by atoms with van der Waals surface area (Å²) in [6.07, 6.45) is 5.65. The lowest BCUT2D eigenvalue weighted by atomic mass is 10.2. The normalized spacial score (nSPS) is 21.7. The molecule has 0 saturated carbocycles. The van der Waals surface area contributed by atoms with E-state index in [-0.39, 0.29) is 0 Å². The second-order valence-electron chi connectivity index (χ2n) is 6.09. The number of benzene rings is 1. The molecule has 2 heterocycles. The number of rotatable bonds is 4. The summed E-state index contributed by atoms with van der Waals surface area (Å²) in [5.41, 5.74) is 1.20. The molecule has 5 heteroatoms. The van der Waals surface area contributed by atoms with Gasteiger partial charge in [0.1, 0.15) is 0 Å². The van der Waals surface area contributed by atoms with E-state index in [2.05, 4.69) is 4.90 Å². The number of sulfonamides is 1. The highest BCUT2D eigenvalue weighted by Gasteiger charge is 2.25. The van der Waals surface area contributed by atoms with Crippen molar-refractivity contribution in [1.29, 1.82) is 0 Å². The molecule has 0 spiro atoms. The first-order valence-corrected chi connectivity index (χ1v) is 9.42. The fourth-order valence-corrected chi connectivity index (χ4v) is 4.74. The first-order valence-electron chi connectivity index (χ1n) is 7.98. The Kier molecular flexibility index (Phi) is 4.62. The zero-order chi connectivity index (χ0) is 14.7. The minimum absolute atomic E-state index is 0.439. The fourth-order valence-electron chi connectivity index (χ4n) is 3.22. The van der Waals surface area contributed by atoms with Gasteiger partial charge in [-0.2, -0.15) is 4.31 Å². The number of likely N-dealkylation sites (tertiary alicyclic amines) is 1. The molecule has 0 N–H and O–H groups in total. The third-order valence-electron chi connectivity index (χ3n) is 4.48. The topological polar surface area (TPSA) is 40.6 Å². The molecule has 2 aliphatic heterocycles. The van der Waals surface area contributed by atoms with Crippen LogP contribution in [0, 0.1) is 0 Å². The summed E-state index contributed by atoms with van der Waals surface area (Å²) >= 11 is 0. The Balaban J connectivity index is 1.70. The van der Waals surface area contributed by atoms with Crippen LogP contribution >= 0.6 is 0 Å². The minimum Gasteiger partial charge on any atom is -0.299 e. The van der Waals surface area contributed by atoms with Gasteiger partial charge < -0.3 is 0 Å². The van der Waals surface area contributed by atoms with Crippen molar-refractivity contribution in [3.05, 3.63) is 29.8 Å². The average molecular weight is 308 g/mol. The van der Waals surface area contributed by atoms with E-state index in [0.717, 1.165) is 38.9 Å². The van der Waals surface area contributed by atoms with Crippen LogP contribution in [0.25, 0.3) is 0 Å². The second-order valence-corrected chi connectivity index (χ2v) is 8.03. The molecule has 4 nitrogen and oxygen atoms in total. The largest absolute Gasteiger partial charge is 0.299 e. The number of hydrogen-bond donors (Lipinski definition) is 0. The molecule has 0 aliphatic carbocycles. The van der Waals surface area contributed by atoms with E-state index in [1.54, 1.807) is 16.4 Å². The van der Waals surface area contributed by atoms with Gasteiger partial charge in [-0.15, -0.1) is 0 Å². The maximum atomic E-state index is 12.6. The van der Waals surface area contributed by atoms with Gasteiger partial charge in [0.15, 0.2) is 0 Å². The van der Waals surface area contributed by atoms with Crippen LogP contribution in [0.3, 0.4) is 0 Å². The van der Waals surface area contributed by atoms with Gasteiger partial charge in [0.25, 0.3) is 0 Å². The van der Waals surface area contributed by atoms with Crippen molar-refractivity contribution < 1.29 is 8.42 Å². The summed E-state index contributed by atoms with van der Waals surface area (Å²) in [6, 6.07) is 7.48. The maximum Gasteiger partial charge on any atom is 0.243 e. The van der Waals surface area contributed by atoms with Crippen LogP contribution in [0.15, 0.2) is 29.2 Å². The molecule has 1 aromatic carbocycles. The number of piperidine rings is 1. The summed E-state index contributed by atoms with van der Waals surface area (Å²) in [5, 5.41) is 0. The summed E-state index contributed by atoms with van der Waals surface area (Å²) in [4.78, 5) is 2.86. The quantitative estimate of drug-likeness (QED) is 0.858. The molecule has 0 amide bonds. The number of hydrogen-bond acceptors (Lipinski definition) is 3. The second kappa shape index (κ2) is 6.46. The molecule has 2 aliphatic rings. The molecule has 116 valence electrons. The molecular formula is C16H24N2O2S. The molecule has 0 aromatic heterocycles. The van der Waals surface area contributed by atoms with E-state index >= 15 is 0 Å². The third kappa shape index (κ3) is 3.47. The summed E-state index contributed by atoms with van der Waals surface area (Å²) in [5.74, 6) is 0. The van der Waals surface area contributed by atoms with E-state index in [1.807, 2.05) is 12.1 Å². The van der Waals surface area contributed by atoms with Gasteiger partial charge in [-0.05, 0) is 56.5 Å².